The van der Waals surface area contributed by atoms with E-state index in [1.165, 1.54) is 11.1 Å². The van der Waals surface area contributed by atoms with Gasteiger partial charge in [-0.25, -0.2) is 4.79 Å². The lowest BCUT2D eigenvalue weighted by Gasteiger charge is -2.34. The molecule has 0 unspecified atom stereocenters. The fraction of sp³-hybridized carbons (Fsp3) is 0.611. The second kappa shape index (κ2) is 8.89. The molecule has 0 aromatic heterocycles. The van der Waals surface area contributed by atoms with E-state index in [1.807, 2.05) is 4.90 Å². The van der Waals surface area contributed by atoms with Gasteiger partial charge in [0.05, 0.1) is 0 Å². The lowest BCUT2D eigenvalue weighted by Crippen LogP contribution is -2.51. The predicted molar refractivity (Wildman–Crippen MR) is 94.6 cm³/mol. The van der Waals surface area contributed by atoms with Crippen molar-refractivity contribution in [2.45, 2.75) is 19.9 Å². The Hall–Kier alpha value is -1.59. The van der Waals surface area contributed by atoms with Crippen molar-refractivity contribution in [3.8, 4) is 0 Å². The monoisotopic (exact) mass is 318 g/mol. The average molecular weight is 318 g/mol. The number of hydrogen-bond donors (Lipinski definition) is 1. The number of benzene rings is 1. The summed E-state index contributed by atoms with van der Waals surface area (Å²) in [4.78, 5) is 18.6. The van der Waals surface area contributed by atoms with E-state index in [1.54, 1.807) is 0 Å². The van der Waals surface area contributed by atoms with Gasteiger partial charge in [0.1, 0.15) is 0 Å². The summed E-state index contributed by atoms with van der Waals surface area (Å²) in [6.07, 6.45) is 0.992. The minimum Gasteiger partial charge on any atom is -0.338 e. The first-order valence-corrected chi connectivity index (χ1v) is 8.50. The van der Waals surface area contributed by atoms with Gasteiger partial charge in [-0.3, -0.25) is 4.90 Å². The molecule has 23 heavy (non-hydrogen) atoms. The molecule has 1 aromatic rings. The number of nitrogens with zero attached hydrogens (tertiary/aromatic N) is 3. The second-order valence-electron chi connectivity index (χ2n) is 6.64. The molecule has 5 heteroatoms. The van der Waals surface area contributed by atoms with Crippen molar-refractivity contribution in [1.82, 2.24) is 20.0 Å². The van der Waals surface area contributed by atoms with Crippen molar-refractivity contribution in [2.24, 2.45) is 0 Å². The quantitative estimate of drug-likeness (QED) is 0.813. The van der Waals surface area contributed by atoms with Crippen LogP contribution in [0.1, 0.15) is 17.5 Å². The lowest BCUT2D eigenvalue weighted by atomic mass is 10.1. The molecule has 0 radical (unpaired) electrons. The Morgan fingerprint density at radius 1 is 1.22 bits per heavy atom. The van der Waals surface area contributed by atoms with Gasteiger partial charge in [-0.1, -0.05) is 29.8 Å². The molecule has 1 aliphatic heterocycles. The molecule has 2 amide bonds. The van der Waals surface area contributed by atoms with Crippen molar-refractivity contribution >= 4 is 6.03 Å². The van der Waals surface area contributed by atoms with Gasteiger partial charge in [-0.2, -0.15) is 0 Å². The molecule has 1 N–H and O–H groups in total. The smallest absolute Gasteiger partial charge is 0.317 e. The maximum absolute atomic E-state index is 12.1. The Morgan fingerprint density at radius 2 is 1.96 bits per heavy atom. The van der Waals surface area contributed by atoms with Gasteiger partial charge in [0.25, 0.3) is 0 Å². The Bertz CT molecular complexity index is 496. The van der Waals surface area contributed by atoms with Gasteiger partial charge in [-0.05, 0) is 39.5 Å². The van der Waals surface area contributed by atoms with Crippen molar-refractivity contribution in [3.63, 3.8) is 0 Å². The van der Waals surface area contributed by atoms with Crippen LogP contribution in [-0.2, 0) is 6.54 Å². The molecule has 0 atom stereocenters. The number of amides is 2. The molecule has 0 aliphatic carbocycles. The predicted octanol–water partition coefficient (Wildman–Crippen LogP) is 1.77. The number of hydrogen-bond acceptors (Lipinski definition) is 3. The molecular weight excluding hydrogens is 288 g/mol. The number of carbonyl (C=O) groups is 1. The number of nitrogens with one attached hydrogen (secondary N) is 1. The van der Waals surface area contributed by atoms with Crippen molar-refractivity contribution in [3.05, 3.63) is 35.4 Å². The molecule has 0 bridgehead atoms. The lowest BCUT2D eigenvalue weighted by molar-refractivity contribution is 0.135. The third-order valence-electron chi connectivity index (χ3n) is 4.21. The molecular formula is C18H30N4O. The molecule has 5 nitrogen and oxygen atoms in total. The van der Waals surface area contributed by atoms with E-state index in [-0.39, 0.29) is 6.03 Å². The van der Waals surface area contributed by atoms with Crippen molar-refractivity contribution in [2.75, 3.05) is 53.4 Å². The van der Waals surface area contributed by atoms with Gasteiger partial charge >= 0.3 is 6.03 Å². The topological polar surface area (TPSA) is 38.8 Å². The van der Waals surface area contributed by atoms with Gasteiger partial charge in [0.2, 0.25) is 0 Å². The first kappa shape index (κ1) is 17.8. The summed E-state index contributed by atoms with van der Waals surface area (Å²) < 4.78 is 0. The van der Waals surface area contributed by atoms with E-state index < -0.39 is 0 Å². The van der Waals surface area contributed by atoms with Crippen LogP contribution in [0, 0.1) is 6.92 Å². The minimum atomic E-state index is 0.0824. The summed E-state index contributed by atoms with van der Waals surface area (Å²) in [6, 6.07) is 8.74. The summed E-state index contributed by atoms with van der Waals surface area (Å²) in [5, 5.41) is 3.02. The van der Waals surface area contributed by atoms with E-state index >= 15 is 0 Å². The zero-order valence-electron chi connectivity index (χ0n) is 14.7. The summed E-state index contributed by atoms with van der Waals surface area (Å²) in [7, 11) is 4.10. The van der Waals surface area contributed by atoms with Gasteiger partial charge < -0.3 is 15.1 Å². The Labute approximate surface area is 140 Å². The number of urea groups is 1. The second-order valence-corrected chi connectivity index (χ2v) is 6.64. The van der Waals surface area contributed by atoms with Crippen LogP contribution < -0.4 is 5.32 Å². The van der Waals surface area contributed by atoms with Crippen molar-refractivity contribution in [1.29, 1.82) is 0 Å². The molecule has 2 rings (SSSR count). The fourth-order valence-corrected chi connectivity index (χ4v) is 2.88. The van der Waals surface area contributed by atoms with E-state index in [4.69, 9.17) is 0 Å². The number of piperazine rings is 1. The normalized spacial score (nSPS) is 15.9. The summed E-state index contributed by atoms with van der Waals surface area (Å²) in [5.41, 5.74) is 2.66. The molecule has 1 fully saturated rings. The average Bonchev–Trinajstić information content (AvgIpc) is 2.52. The fourth-order valence-electron chi connectivity index (χ4n) is 2.88. The Kier molecular flexibility index (Phi) is 6.86. The van der Waals surface area contributed by atoms with Gasteiger partial charge in [0, 0.05) is 39.3 Å². The highest BCUT2D eigenvalue weighted by Gasteiger charge is 2.20. The first-order chi connectivity index (χ1) is 11.0. The van der Waals surface area contributed by atoms with Crippen LogP contribution in [0.4, 0.5) is 4.79 Å². The molecule has 0 saturated carbocycles. The first-order valence-electron chi connectivity index (χ1n) is 8.50. The Morgan fingerprint density at radius 3 is 2.61 bits per heavy atom. The number of carbonyl (C=O) groups excluding carboxylic acids is 1. The standard InChI is InChI=1S/C18H30N4O/c1-16-6-4-7-17(14-16)15-21-10-12-22(13-11-21)18(23)19-8-5-9-20(2)3/h4,6-7,14H,5,8-13,15H2,1-3H3,(H,19,23). The molecule has 1 aromatic carbocycles. The Balaban J connectivity index is 1.68. The van der Waals surface area contributed by atoms with Crippen LogP contribution in [0.15, 0.2) is 24.3 Å². The third kappa shape index (κ3) is 6.20. The highest BCUT2D eigenvalue weighted by molar-refractivity contribution is 5.74. The summed E-state index contributed by atoms with van der Waals surface area (Å²) >= 11 is 0. The zero-order chi connectivity index (χ0) is 16.7. The molecule has 1 saturated heterocycles. The summed E-state index contributed by atoms with van der Waals surface area (Å²) in [6.45, 7) is 8.36. The van der Waals surface area contributed by atoms with Crippen LogP contribution in [0.5, 0.6) is 0 Å². The molecule has 1 heterocycles. The van der Waals surface area contributed by atoms with Crippen LogP contribution in [0.2, 0.25) is 0 Å². The van der Waals surface area contributed by atoms with Crippen LogP contribution >= 0.6 is 0 Å². The number of rotatable bonds is 6. The van der Waals surface area contributed by atoms with E-state index in [0.29, 0.717) is 0 Å². The minimum absolute atomic E-state index is 0.0824. The molecule has 128 valence electrons. The molecule has 0 spiro atoms. The molecule has 1 aliphatic rings. The maximum atomic E-state index is 12.1. The van der Waals surface area contributed by atoms with E-state index in [2.05, 4.69) is 60.4 Å². The highest BCUT2D eigenvalue weighted by Crippen LogP contribution is 2.10. The van der Waals surface area contributed by atoms with Crippen LogP contribution in [-0.4, -0.2) is 74.1 Å². The summed E-state index contributed by atoms with van der Waals surface area (Å²) in [5.74, 6) is 0. The SMILES string of the molecule is Cc1cccc(CN2CCN(C(=O)NCCCN(C)C)CC2)c1. The van der Waals surface area contributed by atoms with Crippen LogP contribution in [0.25, 0.3) is 0 Å². The van der Waals surface area contributed by atoms with Crippen molar-refractivity contribution < 1.29 is 4.79 Å². The van der Waals surface area contributed by atoms with Crippen LogP contribution in [0.3, 0.4) is 0 Å². The largest absolute Gasteiger partial charge is 0.338 e. The third-order valence-corrected chi connectivity index (χ3v) is 4.21. The maximum Gasteiger partial charge on any atom is 0.317 e. The highest BCUT2D eigenvalue weighted by atomic mass is 16.2. The van der Waals surface area contributed by atoms with E-state index in [9.17, 15) is 4.79 Å². The number of aryl methyl sites for hydroxylation is 1. The van der Waals surface area contributed by atoms with E-state index in [0.717, 1.165) is 52.2 Å². The van der Waals surface area contributed by atoms with Gasteiger partial charge in [0.15, 0.2) is 0 Å². The zero-order valence-corrected chi connectivity index (χ0v) is 14.7. The van der Waals surface area contributed by atoms with Gasteiger partial charge in [-0.15, -0.1) is 0 Å².